The maximum atomic E-state index is 14.7. The summed E-state index contributed by atoms with van der Waals surface area (Å²) in [6.07, 6.45) is -4.20. The minimum Gasteiger partial charge on any atom is -0.405 e. The van der Waals surface area contributed by atoms with Gasteiger partial charge in [0, 0.05) is 17.4 Å². The molecule has 160 valence electrons. The Morgan fingerprint density at radius 2 is 1.70 bits per heavy atom. The standard InChI is InChI=1S/C19H14F5NO4S/c1-9-4-5-11(6-15(9)28-19(22,23)24)18-17(10(2)29-25-18)12-7-14(21)16(8-13(12)20)30(3,26)27/h4-8H,1-3H3. The first-order chi connectivity index (χ1) is 13.8. The van der Waals surface area contributed by atoms with Crippen LogP contribution in [0.3, 0.4) is 0 Å². The monoisotopic (exact) mass is 447 g/mol. The first-order valence-electron chi connectivity index (χ1n) is 8.30. The lowest BCUT2D eigenvalue weighted by atomic mass is 9.98. The summed E-state index contributed by atoms with van der Waals surface area (Å²) < 4.78 is 99.2. The molecule has 0 saturated heterocycles. The van der Waals surface area contributed by atoms with Gasteiger partial charge in [0.15, 0.2) is 9.84 Å². The van der Waals surface area contributed by atoms with Gasteiger partial charge in [-0.05, 0) is 37.6 Å². The number of aryl methyl sites for hydroxylation is 2. The molecule has 0 atom stereocenters. The van der Waals surface area contributed by atoms with E-state index >= 15 is 0 Å². The van der Waals surface area contributed by atoms with Crippen LogP contribution in [0.15, 0.2) is 39.8 Å². The molecule has 0 radical (unpaired) electrons. The van der Waals surface area contributed by atoms with Gasteiger partial charge in [0.05, 0.1) is 5.56 Å². The largest absolute Gasteiger partial charge is 0.573 e. The van der Waals surface area contributed by atoms with Gasteiger partial charge in [-0.25, -0.2) is 17.2 Å². The summed E-state index contributed by atoms with van der Waals surface area (Å²) in [6.45, 7) is 2.80. The lowest BCUT2D eigenvalue weighted by molar-refractivity contribution is -0.274. The van der Waals surface area contributed by atoms with Gasteiger partial charge >= 0.3 is 6.36 Å². The molecule has 0 saturated carbocycles. The Labute approximate surface area is 168 Å². The predicted octanol–water partition coefficient (Wildman–Crippen LogP) is 5.21. The van der Waals surface area contributed by atoms with Crippen molar-refractivity contribution in [3.05, 3.63) is 53.3 Å². The average molecular weight is 447 g/mol. The third kappa shape index (κ3) is 4.30. The summed E-state index contributed by atoms with van der Waals surface area (Å²) in [5.74, 6) is -2.70. The zero-order valence-corrected chi connectivity index (χ0v) is 16.6. The number of halogens is 5. The predicted molar refractivity (Wildman–Crippen MR) is 96.6 cm³/mol. The molecule has 0 spiro atoms. The molecule has 3 aromatic rings. The van der Waals surface area contributed by atoms with Crippen molar-refractivity contribution < 1.29 is 39.6 Å². The van der Waals surface area contributed by atoms with Gasteiger partial charge in [0.25, 0.3) is 0 Å². The fourth-order valence-corrected chi connectivity index (χ4v) is 3.60. The van der Waals surface area contributed by atoms with E-state index in [2.05, 4.69) is 9.89 Å². The summed E-state index contributed by atoms with van der Waals surface area (Å²) >= 11 is 0. The molecule has 0 aliphatic carbocycles. The topological polar surface area (TPSA) is 69.4 Å². The molecule has 1 heterocycles. The SMILES string of the molecule is Cc1ccc(-c2noc(C)c2-c2cc(F)c(S(C)(=O)=O)cc2F)cc1OC(F)(F)F. The Morgan fingerprint density at radius 1 is 1.03 bits per heavy atom. The van der Waals surface area contributed by atoms with Gasteiger partial charge in [0.1, 0.15) is 33.7 Å². The highest BCUT2D eigenvalue weighted by Crippen LogP contribution is 2.39. The quantitative estimate of drug-likeness (QED) is 0.514. The van der Waals surface area contributed by atoms with Crippen molar-refractivity contribution in [2.75, 3.05) is 6.26 Å². The van der Waals surface area contributed by atoms with Gasteiger partial charge in [0.2, 0.25) is 0 Å². The van der Waals surface area contributed by atoms with Gasteiger partial charge in [-0.1, -0.05) is 17.3 Å². The second-order valence-corrected chi connectivity index (χ2v) is 8.51. The summed E-state index contributed by atoms with van der Waals surface area (Å²) in [7, 11) is -4.02. The second-order valence-electron chi connectivity index (χ2n) is 6.53. The molecule has 30 heavy (non-hydrogen) atoms. The van der Waals surface area contributed by atoms with Crippen molar-refractivity contribution in [1.29, 1.82) is 0 Å². The number of sulfone groups is 1. The molecule has 5 nitrogen and oxygen atoms in total. The molecule has 2 aromatic carbocycles. The van der Waals surface area contributed by atoms with Crippen LogP contribution in [0.4, 0.5) is 22.0 Å². The molecular formula is C19H14F5NO4S. The third-order valence-electron chi connectivity index (χ3n) is 4.24. The Balaban J connectivity index is 2.19. The molecule has 11 heteroatoms. The van der Waals surface area contributed by atoms with Crippen molar-refractivity contribution in [3.8, 4) is 28.1 Å². The Hall–Kier alpha value is -2.95. The van der Waals surface area contributed by atoms with Crippen molar-refractivity contribution in [2.45, 2.75) is 25.1 Å². The molecule has 0 aliphatic rings. The number of hydrogen-bond donors (Lipinski definition) is 0. The van der Waals surface area contributed by atoms with Crippen molar-refractivity contribution in [1.82, 2.24) is 5.16 Å². The number of rotatable bonds is 4. The van der Waals surface area contributed by atoms with E-state index < -0.39 is 38.5 Å². The summed E-state index contributed by atoms with van der Waals surface area (Å²) in [6, 6.07) is 5.01. The second kappa shape index (κ2) is 7.38. The van der Waals surface area contributed by atoms with E-state index in [0.29, 0.717) is 12.1 Å². The molecule has 0 bridgehead atoms. The first kappa shape index (κ1) is 21.8. The zero-order chi connectivity index (χ0) is 22.4. The number of benzene rings is 2. The van der Waals surface area contributed by atoms with E-state index in [-0.39, 0.29) is 33.7 Å². The minimum absolute atomic E-state index is 0.0340. The Morgan fingerprint density at radius 3 is 2.30 bits per heavy atom. The first-order valence-corrected chi connectivity index (χ1v) is 10.2. The van der Waals surface area contributed by atoms with E-state index in [1.807, 2.05) is 0 Å². The van der Waals surface area contributed by atoms with Crippen LogP contribution in [0.25, 0.3) is 22.4 Å². The average Bonchev–Trinajstić information content (AvgIpc) is 2.98. The van der Waals surface area contributed by atoms with Crippen molar-refractivity contribution >= 4 is 9.84 Å². The van der Waals surface area contributed by atoms with Gasteiger partial charge in [-0.2, -0.15) is 0 Å². The van der Waals surface area contributed by atoms with Crippen LogP contribution in [0.5, 0.6) is 5.75 Å². The highest BCUT2D eigenvalue weighted by Gasteiger charge is 2.32. The number of nitrogens with zero attached hydrogens (tertiary/aromatic N) is 1. The van der Waals surface area contributed by atoms with Gasteiger partial charge in [-0.3, -0.25) is 0 Å². The van der Waals surface area contributed by atoms with E-state index in [1.165, 1.54) is 26.0 Å². The van der Waals surface area contributed by atoms with E-state index in [4.69, 9.17) is 4.52 Å². The maximum absolute atomic E-state index is 14.7. The van der Waals surface area contributed by atoms with Crippen LogP contribution in [0, 0.1) is 25.5 Å². The molecule has 0 unspecified atom stereocenters. The third-order valence-corrected chi connectivity index (χ3v) is 5.35. The molecule has 1 aromatic heterocycles. The van der Waals surface area contributed by atoms with Gasteiger partial charge < -0.3 is 9.26 Å². The number of hydrogen-bond acceptors (Lipinski definition) is 5. The zero-order valence-electron chi connectivity index (χ0n) is 15.8. The van der Waals surface area contributed by atoms with Crippen LogP contribution >= 0.6 is 0 Å². The number of aromatic nitrogens is 1. The molecule has 3 rings (SSSR count). The molecule has 0 amide bonds. The van der Waals surface area contributed by atoms with E-state index in [0.717, 1.165) is 12.3 Å². The normalized spacial score (nSPS) is 12.3. The van der Waals surface area contributed by atoms with E-state index in [1.54, 1.807) is 0 Å². The summed E-state index contributed by atoms with van der Waals surface area (Å²) in [4.78, 5) is -0.824. The van der Waals surface area contributed by atoms with Crippen LogP contribution in [0.2, 0.25) is 0 Å². The fraction of sp³-hybridized carbons (Fsp3) is 0.211. The van der Waals surface area contributed by atoms with Crippen LogP contribution in [-0.4, -0.2) is 26.2 Å². The van der Waals surface area contributed by atoms with Crippen LogP contribution < -0.4 is 4.74 Å². The van der Waals surface area contributed by atoms with Crippen molar-refractivity contribution in [3.63, 3.8) is 0 Å². The molecule has 0 aliphatic heterocycles. The highest BCUT2D eigenvalue weighted by molar-refractivity contribution is 7.90. The Bertz CT molecular complexity index is 1230. The summed E-state index contributed by atoms with van der Waals surface area (Å²) in [5.41, 5.74) is -0.169. The fourth-order valence-electron chi connectivity index (χ4n) is 2.87. The van der Waals surface area contributed by atoms with Crippen molar-refractivity contribution in [2.24, 2.45) is 0 Å². The maximum Gasteiger partial charge on any atom is 0.573 e. The van der Waals surface area contributed by atoms with Crippen LogP contribution in [0.1, 0.15) is 11.3 Å². The van der Waals surface area contributed by atoms with Crippen LogP contribution in [-0.2, 0) is 9.84 Å². The molecular weight excluding hydrogens is 433 g/mol. The number of ether oxygens (including phenoxy) is 1. The Kier molecular flexibility index (Phi) is 5.35. The lowest BCUT2D eigenvalue weighted by Crippen LogP contribution is -2.17. The van der Waals surface area contributed by atoms with Gasteiger partial charge in [-0.15, -0.1) is 13.2 Å². The minimum atomic E-state index is -4.93. The molecule has 0 N–H and O–H groups in total. The van der Waals surface area contributed by atoms with E-state index in [9.17, 15) is 30.4 Å². The molecule has 0 fully saturated rings. The smallest absolute Gasteiger partial charge is 0.405 e. The summed E-state index contributed by atoms with van der Waals surface area (Å²) in [5, 5.41) is 3.75. The highest BCUT2D eigenvalue weighted by atomic mass is 32.2. The number of alkyl halides is 3. The lowest BCUT2D eigenvalue weighted by Gasteiger charge is -2.13.